The van der Waals surface area contributed by atoms with Crippen molar-refractivity contribution in [3.05, 3.63) is 11.9 Å². The average Bonchev–Trinajstić information content (AvgIpc) is 2.77. The molecule has 0 unspecified atom stereocenters. The van der Waals surface area contributed by atoms with Crippen molar-refractivity contribution in [1.29, 1.82) is 0 Å². The Labute approximate surface area is 82.3 Å². The van der Waals surface area contributed by atoms with Gasteiger partial charge in [0.2, 0.25) is 5.91 Å². The number of nitrogens with one attached hydrogen (secondary N) is 3. The van der Waals surface area contributed by atoms with Crippen LogP contribution in [0.2, 0.25) is 0 Å². The van der Waals surface area contributed by atoms with Gasteiger partial charge in [0, 0.05) is 0 Å². The molecule has 1 aliphatic rings. The molecular formula is C9H14N4O. The molecule has 0 aromatic carbocycles. The minimum absolute atomic E-state index is 0.0343. The summed E-state index contributed by atoms with van der Waals surface area (Å²) in [6, 6.07) is -0.0377. The lowest BCUT2D eigenvalue weighted by atomic mass is 10.2. The summed E-state index contributed by atoms with van der Waals surface area (Å²) in [7, 11) is 0. The number of hydrogen-bond acceptors (Lipinski definition) is 3. The number of aromatic nitrogens is 2. The number of aromatic amines is 1. The van der Waals surface area contributed by atoms with Crippen molar-refractivity contribution in [2.75, 3.05) is 11.9 Å². The number of carbonyl (C=O) groups is 1. The molecule has 0 saturated carbocycles. The quantitative estimate of drug-likeness (QED) is 0.638. The van der Waals surface area contributed by atoms with Crippen molar-refractivity contribution in [3.63, 3.8) is 0 Å². The lowest BCUT2D eigenvalue weighted by Gasteiger charge is -2.09. The van der Waals surface area contributed by atoms with Crippen molar-refractivity contribution in [1.82, 2.24) is 15.5 Å². The monoisotopic (exact) mass is 194 g/mol. The third-order valence-electron chi connectivity index (χ3n) is 2.46. The lowest BCUT2D eigenvalue weighted by Crippen LogP contribution is -2.35. The minimum Gasteiger partial charge on any atom is -0.322 e. The summed E-state index contributed by atoms with van der Waals surface area (Å²) in [5, 5.41) is 12.6. The van der Waals surface area contributed by atoms with Gasteiger partial charge >= 0.3 is 0 Å². The third kappa shape index (κ3) is 1.77. The van der Waals surface area contributed by atoms with Gasteiger partial charge in [0.1, 0.15) is 0 Å². The second kappa shape index (κ2) is 3.79. The molecule has 1 aromatic rings. The molecule has 1 aliphatic heterocycles. The number of nitrogens with zero attached hydrogens (tertiary/aromatic N) is 1. The molecular weight excluding hydrogens is 180 g/mol. The van der Waals surface area contributed by atoms with Gasteiger partial charge in [-0.3, -0.25) is 9.89 Å². The van der Waals surface area contributed by atoms with Gasteiger partial charge in [-0.1, -0.05) is 0 Å². The van der Waals surface area contributed by atoms with Gasteiger partial charge in [-0.05, 0) is 26.3 Å². The molecule has 3 N–H and O–H groups in total. The number of anilines is 1. The van der Waals surface area contributed by atoms with E-state index in [0.29, 0.717) is 0 Å². The molecule has 76 valence electrons. The Bertz CT molecular complexity index is 327. The summed E-state index contributed by atoms with van der Waals surface area (Å²) in [6.07, 6.45) is 3.62. The van der Waals surface area contributed by atoms with Crippen LogP contribution >= 0.6 is 0 Å². The van der Waals surface area contributed by atoms with Crippen LogP contribution < -0.4 is 10.6 Å². The third-order valence-corrected chi connectivity index (χ3v) is 2.46. The number of H-pyrrole nitrogens is 1. The highest BCUT2D eigenvalue weighted by molar-refractivity contribution is 5.95. The van der Waals surface area contributed by atoms with Crippen LogP contribution in [0.25, 0.3) is 0 Å². The highest BCUT2D eigenvalue weighted by Gasteiger charge is 2.22. The molecule has 5 heteroatoms. The maximum absolute atomic E-state index is 11.6. The first-order valence-corrected chi connectivity index (χ1v) is 4.81. The highest BCUT2D eigenvalue weighted by Crippen LogP contribution is 2.12. The van der Waals surface area contributed by atoms with E-state index in [4.69, 9.17) is 0 Å². The Balaban J connectivity index is 1.97. The minimum atomic E-state index is -0.0377. The van der Waals surface area contributed by atoms with Gasteiger partial charge < -0.3 is 10.6 Å². The standard InChI is InChI=1S/C9H14N4O/c1-6-8(5-11-13-6)12-9(14)7-3-2-4-10-7/h5,7,10H,2-4H2,1H3,(H,11,13)(H,12,14)/t7-/m0/s1. The van der Waals surface area contributed by atoms with E-state index in [1.54, 1.807) is 6.20 Å². The van der Waals surface area contributed by atoms with E-state index in [-0.39, 0.29) is 11.9 Å². The summed E-state index contributed by atoms with van der Waals surface area (Å²) in [5.41, 5.74) is 1.65. The topological polar surface area (TPSA) is 69.8 Å². The molecule has 1 amide bonds. The van der Waals surface area contributed by atoms with E-state index in [9.17, 15) is 4.79 Å². The zero-order chi connectivity index (χ0) is 9.97. The van der Waals surface area contributed by atoms with Gasteiger partial charge in [-0.2, -0.15) is 5.10 Å². The zero-order valence-corrected chi connectivity index (χ0v) is 8.13. The Kier molecular flexibility index (Phi) is 2.49. The summed E-state index contributed by atoms with van der Waals surface area (Å²) in [6.45, 7) is 2.81. The van der Waals surface area contributed by atoms with Crippen molar-refractivity contribution in [2.45, 2.75) is 25.8 Å². The van der Waals surface area contributed by atoms with E-state index < -0.39 is 0 Å². The fourth-order valence-electron chi connectivity index (χ4n) is 1.60. The fraction of sp³-hybridized carbons (Fsp3) is 0.556. The molecule has 1 fully saturated rings. The molecule has 0 spiro atoms. The first kappa shape index (κ1) is 9.21. The summed E-state index contributed by atoms with van der Waals surface area (Å²) < 4.78 is 0. The van der Waals surface area contributed by atoms with Gasteiger partial charge in [-0.15, -0.1) is 0 Å². The van der Waals surface area contributed by atoms with Crippen LogP contribution in [0.3, 0.4) is 0 Å². The Morgan fingerprint density at radius 1 is 1.71 bits per heavy atom. The van der Waals surface area contributed by atoms with Crippen LogP contribution in [0.1, 0.15) is 18.5 Å². The average molecular weight is 194 g/mol. The first-order chi connectivity index (χ1) is 6.77. The van der Waals surface area contributed by atoms with Crippen LogP contribution in [-0.4, -0.2) is 28.7 Å². The van der Waals surface area contributed by atoms with Crippen LogP contribution in [0.4, 0.5) is 5.69 Å². The van der Waals surface area contributed by atoms with Gasteiger partial charge in [0.25, 0.3) is 0 Å². The van der Waals surface area contributed by atoms with Gasteiger partial charge in [0.15, 0.2) is 0 Å². The Hall–Kier alpha value is -1.36. The normalized spacial score (nSPS) is 21.1. The Morgan fingerprint density at radius 3 is 3.14 bits per heavy atom. The number of amides is 1. The summed E-state index contributed by atoms with van der Waals surface area (Å²) in [4.78, 5) is 11.6. The van der Waals surface area contributed by atoms with Crippen LogP contribution in [0.5, 0.6) is 0 Å². The molecule has 0 bridgehead atoms. The van der Waals surface area contributed by atoms with Crippen LogP contribution in [-0.2, 0) is 4.79 Å². The van der Waals surface area contributed by atoms with Crippen LogP contribution in [0, 0.1) is 6.92 Å². The largest absolute Gasteiger partial charge is 0.322 e. The number of aryl methyl sites for hydroxylation is 1. The summed E-state index contributed by atoms with van der Waals surface area (Å²) in [5.74, 6) is 0.0343. The number of hydrogen-bond donors (Lipinski definition) is 3. The molecule has 2 rings (SSSR count). The lowest BCUT2D eigenvalue weighted by molar-refractivity contribution is -0.117. The molecule has 2 heterocycles. The summed E-state index contributed by atoms with van der Waals surface area (Å²) >= 11 is 0. The fourth-order valence-corrected chi connectivity index (χ4v) is 1.60. The molecule has 1 atom stereocenters. The van der Waals surface area contributed by atoms with Crippen LogP contribution in [0.15, 0.2) is 6.20 Å². The van der Waals surface area contributed by atoms with Gasteiger partial charge in [0.05, 0.1) is 23.6 Å². The van der Waals surface area contributed by atoms with E-state index in [0.717, 1.165) is 30.8 Å². The maximum atomic E-state index is 11.6. The number of carbonyl (C=O) groups excluding carboxylic acids is 1. The van der Waals surface area contributed by atoms with Crippen molar-refractivity contribution < 1.29 is 4.79 Å². The molecule has 0 aliphatic carbocycles. The predicted octanol–water partition coefficient (Wildman–Crippen LogP) is 0.409. The maximum Gasteiger partial charge on any atom is 0.241 e. The predicted molar refractivity (Wildman–Crippen MR) is 53.0 cm³/mol. The highest BCUT2D eigenvalue weighted by atomic mass is 16.2. The van der Waals surface area contributed by atoms with Gasteiger partial charge in [-0.25, -0.2) is 0 Å². The van der Waals surface area contributed by atoms with E-state index >= 15 is 0 Å². The molecule has 1 saturated heterocycles. The SMILES string of the molecule is Cc1[nH]ncc1NC(=O)[C@@H]1CCCN1. The molecule has 14 heavy (non-hydrogen) atoms. The van der Waals surface area contributed by atoms with Crippen molar-refractivity contribution in [2.24, 2.45) is 0 Å². The first-order valence-electron chi connectivity index (χ1n) is 4.81. The van der Waals surface area contributed by atoms with E-state index in [2.05, 4.69) is 20.8 Å². The Morgan fingerprint density at radius 2 is 2.57 bits per heavy atom. The second-order valence-corrected chi connectivity index (χ2v) is 3.55. The smallest absolute Gasteiger partial charge is 0.241 e. The van der Waals surface area contributed by atoms with E-state index in [1.165, 1.54) is 0 Å². The van der Waals surface area contributed by atoms with Crippen molar-refractivity contribution in [3.8, 4) is 0 Å². The number of rotatable bonds is 2. The zero-order valence-electron chi connectivity index (χ0n) is 8.13. The molecule has 0 radical (unpaired) electrons. The molecule has 5 nitrogen and oxygen atoms in total. The van der Waals surface area contributed by atoms with Crippen molar-refractivity contribution >= 4 is 11.6 Å². The second-order valence-electron chi connectivity index (χ2n) is 3.55. The molecule has 1 aromatic heterocycles. The van der Waals surface area contributed by atoms with E-state index in [1.807, 2.05) is 6.92 Å².